The topological polar surface area (TPSA) is 136 Å². The highest BCUT2D eigenvalue weighted by atomic mass is 32.2. The van der Waals surface area contributed by atoms with Crippen LogP contribution in [0, 0.1) is 12.7 Å². The average molecular weight is 443 g/mol. The van der Waals surface area contributed by atoms with Gasteiger partial charge in [0.25, 0.3) is 0 Å². The third-order valence-electron chi connectivity index (χ3n) is 4.95. The lowest BCUT2D eigenvalue weighted by Crippen LogP contribution is -2.35. The van der Waals surface area contributed by atoms with E-state index in [4.69, 9.17) is 5.14 Å². The highest BCUT2D eigenvalue weighted by Crippen LogP contribution is 2.34. The number of rotatable bonds is 4. The number of hydrogen-bond donors (Lipinski definition) is 3. The maximum Gasteiger partial charge on any atom is 0.249 e. The van der Waals surface area contributed by atoms with Crippen molar-refractivity contribution in [3.05, 3.63) is 59.9 Å². The molecule has 3 aromatic rings. The van der Waals surface area contributed by atoms with Crippen LogP contribution >= 0.6 is 0 Å². The van der Waals surface area contributed by atoms with E-state index < -0.39 is 22.0 Å². The van der Waals surface area contributed by atoms with Crippen molar-refractivity contribution in [2.24, 2.45) is 5.14 Å². The molecule has 0 fully saturated rings. The van der Waals surface area contributed by atoms with Crippen molar-refractivity contribution in [2.75, 3.05) is 10.6 Å². The summed E-state index contributed by atoms with van der Waals surface area (Å²) in [6.07, 6.45) is -0.127. The molecule has 0 aliphatic carbocycles. The van der Waals surface area contributed by atoms with Crippen LogP contribution < -0.4 is 15.8 Å². The summed E-state index contributed by atoms with van der Waals surface area (Å²) in [5.74, 6) is -0.830. The number of benzene rings is 2. The van der Waals surface area contributed by atoms with Crippen molar-refractivity contribution in [1.29, 1.82) is 0 Å². The zero-order chi connectivity index (χ0) is 22.3. The molecule has 1 aromatic heterocycles. The molecule has 160 valence electrons. The van der Waals surface area contributed by atoms with E-state index >= 15 is 0 Å². The summed E-state index contributed by atoms with van der Waals surface area (Å²) < 4.78 is 37.4. The molecule has 31 heavy (non-hydrogen) atoms. The fourth-order valence-electron chi connectivity index (χ4n) is 3.38. The molecule has 1 aliphatic rings. The van der Waals surface area contributed by atoms with Crippen LogP contribution in [-0.4, -0.2) is 30.0 Å². The summed E-state index contributed by atoms with van der Waals surface area (Å²) in [5, 5.41) is 15.0. The van der Waals surface area contributed by atoms with Crippen LogP contribution in [0.2, 0.25) is 0 Å². The van der Waals surface area contributed by atoms with Crippen molar-refractivity contribution >= 4 is 33.3 Å². The van der Waals surface area contributed by atoms with Crippen LogP contribution in [0.25, 0.3) is 11.3 Å². The van der Waals surface area contributed by atoms with Gasteiger partial charge in [-0.3, -0.25) is 9.59 Å². The number of anilines is 2. The fraction of sp³-hybridized carbons (Fsp3) is 0.150. The number of primary sulfonamides is 1. The first-order valence-corrected chi connectivity index (χ1v) is 10.8. The molecule has 0 spiro atoms. The molecule has 2 amide bonds. The highest BCUT2D eigenvalue weighted by molar-refractivity contribution is 7.89. The van der Waals surface area contributed by atoms with Gasteiger partial charge < -0.3 is 10.6 Å². The van der Waals surface area contributed by atoms with Gasteiger partial charge >= 0.3 is 0 Å². The predicted molar refractivity (Wildman–Crippen MR) is 111 cm³/mol. The van der Waals surface area contributed by atoms with Gasteiger partial charge in [0.2, 0.25) is 21.8 Å². The maximum atomic E-state index is 13.3. The predicted octanol–water partition coefficient (Wildman–Crippen LogP) is 2.17. The molecule has 0 saturated carbocycles. The first-order chi connectivity index (χ1) is 14.6. The number of nitrogens with one attached hydrogen (secondary N) is 2. The van der Waals surface area contributed by atoms with Crippen molar-refractivity contribution in [3.8, 4) is 11.3 Å². The molecular weight excluding hydrogens is 425 g/mol. The minimum absolute atomic E-state index is 0.0866. The van der Waals surface area contributed by atoms with Gasteiger partial charge in [0.1, 0.15) is 17.7 Å². The third-order valence-corrected chi connectivity index (χ3v) is 5.88. The Morgan fingerprint density at radius 2 is 1.84 bits per heavy atom. The lowest BCUT2D eigenvalue weighted by Gasteiger charge is -2.24. The van der Waals surface area contributed by atoms with Gasteiger partial charge in [0, 0.05) is 16.8 Å². The number of halogens is 1. The van der Waals surface area contributed by atoms with Gasteiger partial charge in [-0.2, -0.15) is 5.10 Å². The summed E-state index contributed by atoms with van der Waals surface area (Å²) >= 11 is 0. The number of hydrogen-bond acceptors (Lipinski definition) is 5. The van der Waals surface area contributed by atoms with E-state index in [1.54, 1.807) is 19.1 Å². The van der Waals surface area contributed by atoms with E-state index in [1.807, 2.05) is 0 Å². The van der Waals surface area contributed by atoms with Crippen molar-refractivity contribution < 1.29 is 22.4 Å². The van der Waals surface area contributed by atoms with Gasteiger partial charge in [0.05, 0.1) is 17.0 Å². The second kappa shape index (κ2) is 7.60. The number of aromatic nitrogens is 2. The largest absolute Gasteiger partial charge is 0.324 e. The molecule has 1 atom stereocenters. The third kappa shape index (κ3) is 4.05. The second-order valence-electron chi connectivity index (χ2n) is 7.10. The smallest absolute Gasteiger partial charge is 0.249 e. The summed E-state index contributed by atoms with van der Waals surface area (Å²) in [6.45, 7) is 1.75. The maximum absolute atomic E-state index is 13.3. The minimum atomic E-state index is -3.85. The van der Waals surface area contributed by atoms with Crippen molar-refractivity contribution in [1.82, 2.24) is 9.78 Å². The monoisotopic (exact) mass is 443 g/mol. The standard InChI is InChI=1S/C20H18FN5O4S/c1-11-18(12-2-4-13(21)5-3-12)25-26-16(10-17(27)24-19(11)26)20(28)23-14-6-8-15(9-7-14)31(22,29)30/h2-9,16H,10H2,1H3,(H,23,28)(H,24,27)(H2,22,29,30)/t16-/m0/s1. The number of carbonyl (C=O) groups is 2. The van der Waals surface area contributed by atoms with Crippen molar-refractivity contribution in [3.63, 3.8) is 0 Å². The number of amides is 2. The first kappa shape index (κ1) is 20.7. The minimum Gasteiger partial charge on any atom is -0.324 e. The number of nitrogens with zero attached hydrogens (tertiary/aromatic N) is 2. The number of sulfonamides is 1. The van der Waals surface area contributed by atoms with Gasteiger partial charge in [-0.25, -0.2) is 22.6 Å². The number of carbonyl (C=O) groups excluding carboxylic acids is 2. The van der Waals surface area contributed by atoms with Crippen LogP contribution in [0.3, 0.4) is 0 Å². The van der Waals surface area contributed by atoms with E-state index in [2.05, 4.69) is 15.7 Å². The van der Waals surface area contributed by atoms with E-state index in [0.717, 1.165) is 0 Å². The van der Waals surface area contributed by atoms with E-state index in [-0.39, 0.29) is 23.0 Å². The van der Waals surface area contributed by atoms with Crippen LogP contribution in [0.5, 0.6) is 0 Å². The molecule has 2 aromatic carbocycles. The molecule has 11 heteroatoms. The normalized spacial score (nSPS) is 15.8. The summed E-state index contributed by atoms with van der Waals surface area (Å²) in [6, 6.07) is 10.2. The zero-order valence-electron chi connectivity index (χ0n) is 16.3. The van der Waals surface area contributed by atoms with E-state index in [9.17, 15) is 22.4 Å². The van der Waals surface area contributed by atoms with E-state index in [0.29, 0.717) is 28.3 Å². The van der Waals surface area contributed by atoms with Crippen LogP contribution in [0.4, 0.5) is 15.9 Å². The first-order valence-electron chi connectivity index (χ1n) is 9.22. The van der Waals surface area contributed by atoms with Crippen LogP contribution in [0.15, 0.2) is 53.4 Å². The zero-order valence-corrected chi connectivity index (χ0v) is 17.1. The molecule has 0 unspecified atom stereocenters. The Kier molecular flexibility index (Phi) is 5.07. The Labute approximate surface area is 177 Å². The lowest BCUT2D eigenvalue weighted by atomic mass is 10.1. The van der Waals surface area contributed by atoms with Crippen molar-refractivity contribution in [2.45, 2.75) is 24.3 Å². The Morgan fingerprint density at radius 1 is 1.19 bits per heavy atom. The molecule has 0 radical (unpaired) electrons. The molecule has 4 rings (SSSR count). The number of nitrogens with two attached hydrogens (primary N) is 1. The molecule has 2 heterocycles. The van der Waals surface area contributed by atoms with Gasteiger partial charge in [-0.15, -0.1) is 0 Å². The summed E-state index contributed by atoms with van der Waals surface area (Å²) in [4.78, 5) is 25.1. The molecule has 4 N–H and O–H groups in total. The summed E-state index contributed by atoms with van der Waals surface area (Å²) in [7, 11) is -3.85. The Bertz CT molecular complexity index is 1280. The Balaban J connectivity index is 1.64. The van der Waals surface area contributed by atoms with Crippen LogP contribution in [-0.2, 0) is 19.6 Å². The van der Waals surface area contributed by atoms with Crippen LogP contribution in [0.1, 0.15) is 18.0 Å². The quantitative estimate of drug-likeness (QED) is 0.568. The Hall–Kier alpha value is -3.57. The summed E-state index contributed by atoms with van der Waals surface area (Å²) in [5.41, 5.74) is 2.16. The average Bonchev–Trinajstić information content (AvgIpc) is 3.04. The lowest BCUT2D eigenvalue weighted by molar-refractivity contribution is -0.125. The molecule has 9 nitrogen and oxygen atoms in total. The second-order valence-corrected chi connectivity index (χ2v) is 8.66. The molecule has 0 bridgehead atoms. The number of fused-ring (bicyclic) bond motifs is 1. The molecule has 0 saturated heterocycles. The highest BCUT2D eigenvalue weighted by Gasteiger charge is 2.34. The van der Waals surface area contributed by atoms with Gasteiger partial charge in [-0.1, -0.05) is 0 Å². The Morgan fingerprint density at radius 3 is 2.45 bits per heavy atom. The SMILES string of the molecule is Cc1c(-c2ccc(F)cc2)nn2c1NC(=O)C[C@H]2C(=O)Nc1ccc(S(N)(=O)=O)cc1. The fourth-order valence-corrected chi connectivity index (χ4v) is 3.89. The van der Waals surface area contributed by atoms with E-state index in [1.165, 1.54) is 41.1 Å². The van der Waals surface area contributed by atoms with Gasteiger partial charge in [0.15, 0.2) is 0 Å². The van der Waals surface area contributed by atoms with Gasteiger partial charge in [-0.05, 0) is 55.5 Å². The molecule has 1 aliphatic heterocycles. The molecular formula is C20H18FN5O4S.